The first-order valence-electron chi connectivity index (χ1n) is 17.7. The summed E-state index contributed by atoms with van der Waals surface area (Å²) < 4.78 is 43.2. The molecule has 1 aliphatic rings. The SMILES string of the molecule is COc1ccc(Oc2ccc(OC(=O)Oc3ccc(C4(c5ccc(OC(=O)Oc6cccc(OC(C)O)c6OC(C)=O)cc5)CCCCC4)cc3)cc2)cc1. The number of hydrogen-bond donors (Lipinski definition) is 1. The first-order valence-corrected chi connectivity index (χ1v) is 17.7. The van der Waals surface area contributed by atoms with Crippen LogP contribution in [0.1, 0.15) is 57.1 Å². The van der Waals surface area contributed by atoms with Crippen LogP contribution in [-0.4, -0.2) is 36.8 Å². The minimum absolute atomic E-state index is 0.0103. The molecule has 12 heteroatoms. The van der Waals surface area contributed by atoms with Crippen LogP contribution in [0.2, 0.25) is 0 Å². The highest BCUT2D eigenvalue weighted by Gasteiger charge is 2.36. The number of hydrogen-bond acceptors (Lipinski definition) is 12. The van der Waals surface area contributed by atoms with E-state index in [1.165, 1.54) is 32.0 Å². The van der Waals surface area contributed by atoms with E-state index >= 15 is 0 Å². The van der Waals surface area contributed by atoms with E-state index in [0.29, 0.717) is 23.0 Å². The summed E-state index contributed by atoms with van der Waals surface area (Å²) in [6.07, 6.45) is 1.84. The Morgan fingerprint density at radius 1 is 0.564 bits per heavy atom. The van der Waals surface area contributed by atoms with Crippen LogP contribution in [0, 0.1) is 0 Å². The van der Waals surface area contributed by atoms with Gasteiger partial charge in [0.1, 0.15) is 34.5 Å². The van der Waals surface area contributed by atoms with Crippen molar-refractivity contribution in [3.8, 4) is 51.7 Å². The molecule has 55 heavy (non-hydrogen) atoms. The number of carbonyl (C=O) groups excluding carboxylic acids is 3. The summed E-state index contributed by atoms with van der Waals surface area (Å²) in [4.78, 5) is 37.2. The quantitative estimate of drug-likeness (QED) is 0.0561. The zero-order valence-electron chi connectivity index (χ0n) is 30.5. The van der Waals surface area contributed by atoms with Gasteiger partial charge in [-0.05, 0) is 116 Å². The summed E-state index contributed by atoms with van der Waals surface area (Å²) in [5, 5.41) is 9.65. The zero-order chi connectivity index (χ0) is 38.8. The molecule has 0 amide bonds. The van der Waals surface area contributed by atoms with Crippen LogP contribution in [-0.2, 0) is 10.2 Å². The molecule has 0 aliphatic heterocycles. The number of aliphatic hydroxyl groups excluding tert-OH is 1. The lowest BCUT2D eigenvalue weighted by molar-refractivity contribution is -0.132. The average Bonchev–Trinajstić information content (AvgIpc) is 3.17. The van der Waals surface area contributed by atoms with E-state index in [4.69, 9.17) is 37.9 Å². The van der Waals surface area contributed by atoms with Gasteiger partial charge in [-0.1, -0.05) is 49.6 Å². The van der Waals surface area contributed by atoms with Gasteiger partial charge in [0.2, 0.25) is 5.75 Å². The monoisotopic (exact) mass is 748 g/mol. The second-order valence-corrected chi connectivity index (χ2v) is 12.7. The smallest absolute Gasteiger partial charge is 0.497 e. The van der Waals surface area contributed by atoms with Gasteiger partial charge in [-0.3, -0.25) is 4.79 Å². The van der Waals surface area contributed by atoms with Gasteiger partial charge in [0.15, 0.2) is 17.8 Å². The molecule has 5 aromatic carbocycles. The molecular formula is C43H40O12. The Kier molecular flexibility index (Phi) is 12.2. The second kappa shape index (κ2) is 17.5. The predicted molar refractivity (Wildman–Crippen MR) is 200 cm³/mol. The second-order valence-electron chi connectivity index (χ2n) is 12.7. The van der Waals surface area contributed by atoms with Crippen molar-refractivity contribution in [3.05, 3.63) is 126 Å². The molecule has 284 valence electrons. The molecule has 1 aliphatic carbocycles. The third kappa shape index (κ3) is 9.92. The van der Waals surface area contributed by atoms with Crippen molar-refractivity contribution in [3.63, 3.8) is 0 Å². The van der Waals surface area contributed by atoms with Gasteiger partial charge in [-0.25, -0.2) is 9.59 Å². The normalized spacial score (nSPS) is 13.7. The maximum Gasteiger partial charge on any atom is 0.519 e. The molecule has 6 rings (SSSR count). The Morgan fingerprint density at radius 2 is 1.00 bits per heavy atom. The standard InChI is InChI=1S/C43H40O12/c1-28(44)49-38-8-7-9-39(40(38)50-29(2)45)55-42(47)54-36-16-12-31(13-17-36)43(26-5-4-6-27-43)30-10-14-35(15-11-30)52-41(46)53-37-24-22-34(23-25-37)51-33-20-18-32(48-3)19-21-33/h7-25,28,44H,4-6,26-27H2,1-3H3. The first kappa shape index (κ1) is 38.2. The highest BCUT2D eigenvalue weighted by Crippen LogP contribution is 2.46. The summed E-state index contributed by atoms with van der Waals surface area (Å²) >= 11 is 0. The van der Waals surface area contributed by atoms with E-state index in [2.05, 4.69) is 0 Å². The fourth-order valence-corrected chi connectivity index (χ4v) is 6.46. The Bertz CT molecular complexity index is 2070. The molecule has 1 N–H and O–H groups in total. The lowest BCUT2D eigenvalue weighted by atomic mass is 9.65. The molecule has 0 bridgehead atoms. The molecule has 0 heterocycles. The fourth-order valence-electron chi connectivity index (χ4n) is 6.46. The van der Waals surface area contributed by atoms with Gasteiger partial charge >= 0.3 is 18.3 Å². The number of para-hydroxylation sites is 1. The molecule has 1 unspecified atom stereocenters. The Hall–Kier alpha value is -6.53. The van der Waals surface area contributed by atoms with E-state index < -0.39 is 24.6 Å². The molecule has 1 atom stereocenters. The van der Waals surface area contributed by atoms with E-state index in [-0.39, 0.29) is 28.4 Å². The largest absolute Gasteiger partial charge is 0.519 e. The van der Waals surface area contributed by atoms with Crippen LogP contribution in [0.3, 0.4) is 0 Å². The zero-order valence-corrected chi connectivity index (χ0v) is 30.5. The average molecular weight is 749 g/mol. The Balaban J connectivity index is 1.08. The minimum Gasteiger partial charge on any atom is -0.497 e. The van der Waals surface area contributed by atoms with Gasteiger partial charge in [0, 0.05) is 12.3 Å². The van der Waals surface area contributed by atoms with Crippen LogP contribution in [0.4, 0.5) is 9.59 Å². The van der Waals surface area contributed by atoms with Crippen molar-refractivity contribution in [1.29, 1.82) is 0 Å². The molecule has 0 spiro atoms. The molecule has 0 aromatic heterocycles. The van der Waals surface area contributed by atoms with Crippen LogP contribution in [0.5, 0.6) is 51.7 Å². The van der Waals surface area contributed by atoms with Gasteiger partial charge in [0.25, 0.3) is 0 Å². The van der Waals surface area contributed by atoms with Crippen molar-refractivity contribution < 1.29 is 57.4 Å². The number of carbonyl (C=O) groups is 3. The lowest BCUT2D eigenvalue weighted by Crippen LogP contribution is -2.30. The molecular weight excluding hydrogens is 708 g/mol. The third-order valence-corrected chi connectivity index (χ3v) is 8.92. The molecule has 0 radical (unpaired) electrons. The summed E-state index contributed by atoms with van der Waals surface area (Å²) in [6, 6.07) is 32.8. The predicted octanol–water partition coefficient (Wildman–Crippen LogP) is 9.54. The number of aliphatic hydroxyl groups is 1. The highest BCUT2D eigenvalue weighted by atomic mass is 16.7. The van der Waals surface area contributed by atoms with Crippen LogP contribution < -0.4 is 37.9 Å². The Labute approximate surface area is 318 Å². The van der Waals surface area contributed by atoms with E-state index in [1.54, 1.807) is 79.9 Å². The highest BCUT2D eigenvalue weighted by molar-refractivity contribution is 5.74. The minimum atomic E-state index is -1.21. The van der Waals surface area contributed by atoms with Crippen molar-refractivity contribution >= 4 is 18.3 Å². The molecule has 12 nitrogen and oxygen atoms in total. The van der Waals surface area contributed by atoms with Gasteiger partial charge < -0.3 is 43.0 Å². The number of ether oxygens (including phenoxy) is 8. The van der Waals surface area contributed by atoms with Crippen LogP contribution in [0.25, 0.3) is 0 Å². The summed E-state index contributed by atoms with van der Waals surface area (Å²) in [5.41, 5.74) is 1.79. The Morgan fingerprint density at radius 3 is 1.47 bits per heavy atom. The van der Waals surface area contributed by atoms with Crippen molar-refractivity contribution in [2.24, 2.45) is 0 Å². The molecule has 1 saturated carbocycles. The molecule has 5 aromatic rings. The number of esters is 1. The number of benzene rings is 5. The molecule has 0 saturated heterocycles. The van der Waals surface area contributed by atoms with E-state index in [0.717, 1.165) is 49.0 Å². The molecule has 1 fully saturated rings. The van der Waals surface area contributed by atoms with Crippen LogP contribution in [0.15, 0.2) is 115 Å². The summed E-state index contributed by atoms with van der Waals surface area (Å²) in [7, 11) is 1.60. The van der Waals surface area contributed by atoms with E-state index in [9.17, 15) is 19.5 Å². The fraction of sp³-hybridized carbons (Fsp3) is 0.233. The van der Waals surface area contributed by atoms with E-state index in [1.807, 2.05) is 24.3 Å². The topological polar surface area (TPSA) is 145 Å². The lowest BCUT2D eigenvalue weighted by Gasteiger charge is -2.38. The van der Waals surface area contributed by atoms with Crippen molar-refractivity contribution in [1.82, 2.24) is 0 Å². The number of rotatable bonds is 12. The van der Waals surface area contributed by atoms with Crippen molar-refractivity contribution in [2.75, 3.05) is 7.11 Å². The first-order chi connectivity index (χ1) is 26.6. The van der Waals surface area contributed by atoms with Gasteiger partial charge in [0.05, 0.1) is 7.11 Å². The summed E-state index contributed by atoms with van der Waals surface area (Å²) in [6.45, 7) is 2.57. The van der Waals surface area contributed by atoms with Crippen molar-refractivity contribution in [2.45, 2.75) is 57.7 Å². The maximum atomic E-state index is 12.8. The summed E-state index contributed by atoms with van der Waals surface area (Å²) in [5.74, 6) is 1.86. The van der Waals surface area contributed by atoms with Crippen LogP contribution >= 0.6 is 0 Å². The third-order valence-electron chi connectivity index (χ3n) is 8.92. The maximum absolute atomic E-state index is 12.8. The van der Waals surface area contributed by atoms with Gasteiger partial charge in [-0.15, -0.1) is 0 Å². The number of methoxy groups -OCH3 is 1. The van der Waals surface area contributed by atoms with Gasteiger partial charge in [-0.2, -0.15) is 0 Å².